The second-order valence-corrected chi connectivity index (χ2v) is 6.65. The standard InChI is InChI=1S/C20H18FNO4/c21-17-3-1-2-15-16(7-9-26-18(15)17)19(23)22-8-6-12-4-5-13(20(24)25)10-14(12)11-22/h1-5,10,16H,6-9,11H2,(H,24,25). The molecule has 134 valence electrons. The van der Waals surface area contributed by atoms with Gasteiger partial charge < -0.3 is 14.7 Å². The Hall–Kier alpha value is -2.89. The van der Waals surface area contributed by atoms with Crippen LogP contribution in [-0.2, 0) is 17.8 Å². The van der Waals surface area contributed by atoms with E-state index in [1.165, 1.54) is 6.07 Å². The van der Waals surface area contributed by atoms with E-state index in [1.807, 2.05) is 6.07 Å². The van der Waals surface area contributed by atoms with Crippen LogP contribution in [0.3, 0.4) is 0 Å². The summed E-state index contributed by atoms with van der Waals surface area (Å²) in [6.45, 7) is 1.25. The van der Waals surface area contributed by atoms with E-state index in [0.717, 1.165) is 11.1 Å². The van der Waals surface area contributed by atoms with Crippen LogP contribution in [0.5, 0.6) is 5.75 Å². The van der Waals surface area contributed by atoms with Crippen LogP contribution in [0.2, 0.25) is 0 Å². The Morgan fingerprint density at radius 2 is 2.04 bits per heavy atom. The van der Waals surface area contributed by atoms with Gasteiger partial charge in [-0.25, -0.2) is 9.18 Å². The number of aromatic carboxylic acids is 1. The monoisotopic (exact) mass is 355 g/mol. The summed E-state index contributed by atoms with van der Waals surface area (Å²) in [4.78, 5) is 26.0. The fourth-order valence-corrected chi connectivity index (χ4v) is 3.74. The number of carboxylic acids is 1. The zero-order valence-electron chi connectivity index (χ0n) is 14.1. The molecule has 4 rings (SSSR count). The number of carboxylic acid groups (broad SMARTS) is 1. The second-order valence-electron chi connectivity index (χ2n) is 6.65. The van der Waals surface area contributed by atoms with E-state index in [9.17, 15) is 19.1 Å². The number of rotatable bonds is 2. The number of carbonyl (C=O) groups excluding carboxylic acids is 1. The summed E-state index contributed by atoms with van der Waals surface area (Å²) < 4.78 is 19.4. The molecule has 1 N–H and O–H groups in total. The molecule has 6 heteroatoms. The number of carbonyl (C=O) groups is 2. The Bertz CT molecular complexity index is 895. The molecule has 2 aliphatic rings. The normalized spacial score (nSPS) is 18.5. The number of nitrogens with zero attached hydrogens (tertiary/aromatic N) is 1. The van der Waals surface area contributed by atoms with Crippen molar-refractivity contribution >= 4 is 11.9 Å². The van der Waals surface area contributed by atoms with E-state index in [1.54, 1.807) is 29.2 Å². The van der Waals surface area contributed by atoms with Gasteiger partial charge in [-0.3, -0.25) is 4.79 Å². The lowest BCUT2D eigenvalue weighted by Gasteiger charge is -2.34. The quantitative estimate of drug-likeness (QED) is 0.899. The van der Waals surface area contributed by atoms with Gasteiger partial charge in [-0.1, -0.05) is 18.2 Å². The summed E-state index contributed by atoms with van der Waals surface area (Å²) in [5, 5.41) is 9.17. The molecule has 2 aromatic rings. The minimum atomic E-state index is -0.981. The Morgan fingerprint density at radius 1 is 1.19 bits per heavy atom. The molecule has 0 radical (unpaired) electrons. The van der Waals surface area contributed by atoms with Crippen molar-refractivity contribution in [3.05, 3.63) is 64.5 Å². The lowest BCUT2D eigenvalue weighted by Crippen LogP contribution is -2.40. The summed E-state index contributed by atoms with van der Waals surface area (Å²) in [5.41, 5.74) is 2.73. The van der Waals surface area contributed by atoms with Crippen molar-refractivity contribution < 1.29 is 23.8 Å². The van der Waals surface area contributed by atoms with Gasteiger partial charge in [0.05, 0.1) is 18.1 Å². The number of benzene rings is 2. The fourth-order valence-electron chi connectivity index (χ4n) is 3.74. The molecular formula is C20H18FNO4. The summed E-state index contributed by atoms with van der Waals surface area (Å²) in [5.74, 6) is -1.76. The number of amides is 1. The molecule has 26 heavy (non-hydrogen) atoms. The van der Waals surface area contributed by atoms with Crippen LogP contribution in [-0.4, -0.2) is 35.0 Å². The fraction of sp³-hybridized carbons (Fsp3) is 0.300. The molecule has 2 heterocycles. The van der Waals surface area contributed by atoms with Crippen LogP contribution in [0.25, 0.3) is 0 Å². The SMILES string of the molecule is O=C(O)c1ccc2c(c1)CN(C(=O)C1CCOc3c(F)cccc31)CC2. The third-order valence-electron chi connectivity index (χ3n) is 5.10. The van der Waals surface area contributed by atoms with Crippen molar-refractivity contribution in [1.82, 2.24) is 4.90 Å². The average molecular weight is 355 g/mol. The number of ether oxygens (including phenoxy) is 1. The molecule has 0 bridgehead atoms. The molecule has 0 saturated carbocycles. The second kappa shape index (κ2) is 6.44. The van der Waals surface area contributed by atoms with Gasteiger partial charge in [0.2, 0.25) is 5.91 Å². The Morgan fingerprint density at radius 3 is 2.85 bits per heavy atom. The molecular weight excluding hydrogens is 337 g/mol. The first kappa shape index (κ1) is 16.6. The maximum absolute atomic E-state index is 14.0. The molecule has 0 saturated heterocycles. The average Bonchev–Trinajstić information content (AvgIpc) is 2.66. The molecule has 0 aromatic heterocycles. The van der Waals surface area contributed by atoms with Crippen molar-refractivity contribution in [1.29, 1.82) is 0 Å². The van der Waals surface area contributed by atoms with E-state index in [-0.39, 0.29) is 17.2 Å². The van der Waals surface area contributed by atoms with Gasteiger partial charge >= 0.3 is 5.97 Å². The molecule has 2 aromatic carbocycles. The molecule has 0 spiro atoms. The highest BCUT2D eigenvalue weighted by atomic mass is 19.1. The van der Waals surface area contributed by atoms with E-state index < -0.39 is 17.7 Å². The first-order chi connectivity index (χ1) is 12.5. The van der Waals surface area contributed by atoms with Gasteiger partial charge in [0.25, 0.3) is 0 Å². The van der Waals surface area contributed by atoms with Crippen molar-refractivity contribution in [2.45, 2.75) is 25.3 Å². The van der Waals surface area contributed by atoms with Crippen LogP contribution in [0.4, 0.5) is 4.39 Å². The van der Waals surface area contributed by atoms with Crippen molar-refractivity contribution in [3.8, 4) is 5.75 Å². The lowest BCUT2D eigenvalue weighted by atomic mass is 9.90. The predicted molar refractivity (Wildman–Crippen MR) is 91.8 cm³/mol. The number of para-hydroxylation sites is 1. The first-order valence-electron chi connectivity index (χ1n) is 8.59. The van der Waals surface area contributed by atoms with Gasteiger partial charge in [-0.15, -0.1) is 0 Å². The Kier molecular flexibility index (Phi) is 4.11. The highest BCUT2D eigenvalue weighted by Crippen LogP contribution is 2.37. The van der Waals surface area contributed by atoms with E-state index in [2.05, 4.69) is 0 Å². The van der Waals surface area contributed by atoms with Gasteiger partial charge in [0.1, 0.15) is 0 Å². The van der Waals surface area contributed by atoms with Crippen LogP contribution < -0.4 is 4.74 Å². The number of hydrogen-bond acceptors (Lipinski definition) is 3. The summed E-state index contributed by atoms with van der Waals surface area (Å²) >= 11 is 0. The minimum absolute atomic E-state index is 0.0634. The Balaban J connectivity index is 1.60. The van der Waals surface area contributed by atoms with Gasteiger partial charge in [-0.05, 0) is 42.2 Å². The zero-order valence-corrected chi connectivity index (χ0v) is 14.1. The van der Waals surface area contributed by atoms with Crippen LogP contribution in [0.15, 0.2) is 36.4 Å². The number of fused-ring (bicyclic) bond motifs is 2. The number of hydrogen-bond donors (Lipinski definition) is 1. The Labute approximate surface area is 150 Å². The molecule has 1 amide bonds. The highest BCUT2D eigenvalue weighted by molar-refractivity contribution is 5.88. The molecule has 1 unspecified atom stereocenters. The maximum Gasteiger partial charge on any atom is 0.335 e. The molecule has 1 atom stereocenters. The summed E-state index contributed by atoms with van der Waals surface area (Å²) in [6.07, 6.45) is 1.19. The first-order valence-corrected chi connectivity index (χ1v) is 8.59. The lowest BCUT2D eigenvalue weighted by molar-refractivity contribution is -0.134. The third-order valence-corrected chi connectivity index (χ3v) is 5.10. The molecule has 5 nitrogen and oxygen atoms in total. The van der Waals surface area contributed by atoms with Crippen LogP contribution in [0, 0.1) is 5.82 Å². The molecule has 0 aliphatic carbocycles. The largest absolute Gasteiger partial charge is 0.490 e. The maximum atomic E-state index is 14.0. The van der Waals surface area contributed by atoms with Crippen LogP contribution in [0.1, 0.15) is 39.4 Å². The smallest absolute Gasteiger partial charge is 0.335 e. The third kappa shape index (κ3) is 2.81. The van der Waals surface area contributed by atoms with Gasteiger partial charge in [0.15, 0.2) is 11.6 Å². The van der Waals surface area contributed by atoms with Crippen molar-refractivity contribution in [3.63, 3.8) is 0 Å². The van der Waals surface area contributed by atoms with Crippen molar-refractivity contribution in [2.24, 2.45) is 0 Å². The highest BCUT2D eigenvalue weighted by Gasteiger charge is 2.33. The van der Waals surface area contributed by atoms with Gasteiger partial charge in [-0.2, -0.15) is 0 Å². The summed E-state index contributed by atoms with van der Waals surface area (Å²) in [6, 6.07) is 9.70. The minimum Gasteiger partial charge on any atom is -0.490 e. The van der Waals surface area contributed by atoms with E-state index in [0.29, 0.717) is 38.1 Å². The summed E-state index contributed by atoms with van der Waals surface area (Å²) in [7, 11) is 0. The predicted octanol–water partition coefficient (Wildman–Crippen LogP) is 2.97. The topological polar surface area (TPSA) is 66.8 Å². The van der Waals surface area contributed by atoms with E-state index >= 15 is 0 Å². The van der Waals surface area contributed by atoms with Gasteiger partial charge in [0, 0.05) is 18.7 Å². The van der Waals surface area contributed by atoms with Crippen molar-refractivity contribution in [2.75, 3.05) is 13.2 Å². The molecule has 0 fully saturated rings. The van der Waals surface area contributed by atoms with Crippen LogP contribution >= 0.6 is 0 Å². The van der Waals surface area contributed by atoms with E-state index in [4.69, 9.17) is 4.74 Å². The molecule has 2 aliphatic heterocycles. The number of halogens is 1. The zero-order chi connectivity index (χ0) is 18.3.